The molecule has 2 aromatic rings. The van der Waals surface area contributed by atoms with Gasteiger partial charge in [-0.2, -0.15) is 0 Å². The van der Waals surface area contributed by atoms with Crippen LogP contribution >= 0.6 is 0 Å². The first kappa shape index (κ1) is 58.6. The fourth-order valence-corrected chi connectivity index (χ4v) is 11.4. The molecule has 6 aliphatic rings. The van der Waals surface area contributed by atoms with Crippen LogP contribution in [-0.2, 0) is 55.6 Å². The molecule has 0 radical (unpaired) electrons. The average molecular weight is 1010 g/mol. The van der Waals surface area contributed by atoms with Gasteiger partial charge in [0.25, 0.3) is 0 Å². The molecule has 2 aliphatic carbocycles. The molecule has 13 atom stereocenters. The summed E-state index contributed by atoms with van der Waals surface area (Å²) >= 11 is 0. The molecule has 3 amide bonds. The van der Waals surface area contributed by atoms with Gasteiger partial charge in [-0.05, 0) is 148 Å². The summed E-state index contributed by atoms with van der Waals surface area (Å²) < 4.78 is 52.6. The number of halogens is 2. The van der Waals surface area contributed by atoms with Crippen molar-refractivity contribution in [2.24, 2.45) is 17.6 Å². The molecule has 4 aliphatic heterocycles. The van der Waals surface area contributed by atoms with Crippen molar-refractivity contribution in [3.05, 3.63) is 83.0 Å². The molecule has 2 spiro atoms. The van der Waals surface area contributed by atoms with Crippen LogP contribution in [0.2, 0.25) is 0 Å². The second-order valence-corrected chi connectivity index (χ2v) is 21.5. The van der Waals surface area contributed by atoms with Crippen LogP contribution < -0.4 is 27.4 Å². The first-order chi connectivity index (χ1) is 33.8. The molecule has 4 saturated heterocycles. The molecule has 402 valence electrons. The van der Waals surface area contributed by atoms with Crippen molar-refractivity contribution in [3.8, 4) is 0 Å². The number of epoxide rings is 4. The van der Waals surface area contributed by atoms with Crippen LogP contribution in [0.1, 0.15) is 131 Å². The van der Waals surface area contributed by atoms with Gasteiger partial charge in [0.1, 0.15) is 11.2 Å². The fraction of sp³-hybridized carbons (Fsp3) is 0.661. The van der Waals surface area contributed by atoms with Crippen LogP contribution in [0.25, 0.3) is 0 Å². The number of rotatable bonds is 20. The number of benzene rings is 2. The Balaban J connectivity index is 0.000000257. The second kappa shape index (κ2) is 25.3. The summed E-state index contributed by atoms with van der Waals surface area (Å²) in [5.74, 6) is 0.114. The number of nitrogen functional groups attached to an aromatic ring is 1. The lowest BCUT2D eigenvalue weighted by molar-refractivity contribution is -0.126. The van der Waals surface area contributed by atoms with Crippen LogP contribution in [0.4, 0.5) is 20.5 Å². The predicted octanol–water partition coefficient (Wildman–Crippen LogP) is 8.75. The van der Waals surface area contributed by atoms with Crippen molar-refractivity contribution in [1.29, 1.82) is 0 Å². The van der Waals surface area contributed by atoms with Gasteiger partial charge in [-0.15, -0.1) is 0 Å². The largest absolute Gasteiger partial charge is 0.399 e. The van der Waals surface area contributed by atoms with E-state index < -0.39 is 6.04 Å². The molecule has 7 N–H and O–H groups in total. The number of methoxy groups -OCH3 is 2. The van der Waals surface area contributed by atoms with E-state index in [1.54, 1.807) is 21.1 Å². The van der Waals surface area contributed by atoms with Gasteiger partial charge < -0.3 is 55.8 Å². The monoisotopic (exact) mass is 1010 g/mol. The molecular formula is C56H85F2N5O9. The van der Waals surface area contributed by atoms with Crippen LogP contribution in [0, 0.1) is 11.8 Å². The van der Waals surface area contributed by atoms with Gasteiger partial charge in [-0.3, -0.25) is 14.4 Å². The Hall–Kier alpha value is -4.29. The molecule has 14 nitrogen and oxygen atoms in total. The van der Waals surface area contributed by atoms with Crippen LogP contribution in [0.15, 0.2) is 71.8 Å². The molecule has 8 rings (SSSR count). The Kier molecular flexibility index (Phi) is 20.6. The quantitative estimate of drug-likeness (QED) is 0.0481. The molecule has 0 bridgehead atoms. The maximum atomic E-state index is 12.9. The zero-order valence-electron chi connectivity index (χ0n) is 43.5. The zero-order valence-corrected chi connectivity index (χ0v) is 43.5. The van der Waals surface area contributed by atoms with E-state index in [0.29, 0.717) is 12.8 Å². The van der Waals surface area contributed by atoms with Gasteiger partial charge in [0.15, 0.2) is 0 Å². The van der Waals surface area contributed by atoms with E-state index >= 15 is 0 Å². The normalized spacial score (nSPS) is 32.7. The van der Waals surface area contributed by atoms with Crippen molar-refractivity contribution in [2.45, 2.75) is 198 Å². The Morgan fingerprint density at radius 3 is 1.46 bits per heavy atom. The van der Waals surface area contributed by atoms with Crippen LogP contribution in [0.5, 0.6) is 0 Å². The summed E-state index contributed by atoms with van der Waals surface area (Å²) in [4.78, 5) is 37.4. The average Bonchev–Trinajstić information content (AvgIpc) is 4.23. The van der Waals surface area contributed by atoms with Gasteiger partial charge in [-0.1, -0.05) is 55.0 Å². The molecule has 0 aromatic heterocycles. The summed E-state index contributed by atoms with van der Waals surface area (Å²) in [5, 5.41) is 9.31. The molecule has 16 heteroatoms. The lowest BCUT2D eigenvalue weighted by Gasteiger charge is -2.43. The molecule has 72 heavy (non-hydrogen) atoms. The van der Waals surface area contributed by atoms with E-state index in [9.17, 15) is 14.4 Å². The van der Waals surface area contributed by atoms with E-state index in [0.717, 1.165) is 94.4 Å². The number of anilines is 2. The molecular weight excluding hydrogens is 925 g/mol. The summed E-state index contributed by atoms with van der Waals surface area (Å²) in [6, 6.07) is 14.9. The number of aryl methyl sites for hydroxylation is 2. The topological polar surface area (TPSA) is 208 Å². The van der Waals surface area contributed by atoms with E-state index in [-0.39, 0.29) is 95.9 Å². The number of carbonyl (C=O) groups excluding carboxylic acids is 3. The number of allylic oxidation sites excluding steroid dienone is 2. The van der Waals surface area contributed by atoms with Gasteiger partial charge in [-0.25, -0.2) is 0 Å². The first-order valence-corrected chi connectivity index (χ1v) is 25.5. The molecule has 2 aromatic carbocycles. The minimum atomic E-state index is -0.554. The number of hydrogen-bond donors (Lipinski definition) is 5. The van der Waals surface area contributed by atoms with Gasteiger partial charge >= 0.3 is 0 Å². The smallest absolute Gasteiger partial charge is 0.240 e. The van der Waals surface area contributed by atoms with Crippen molar-refractivity contribution in [2.75, 3.05) is 38.5 Å². The second-order valence-electron chi connectivity index (χ2n) is 21.5. The maximum Gasteiger partial charge on any atom is 0.240 e. The number of amides is 3. The highest BCUT2D eigenvalue weighted by Crippen LogP contribution is 2.60. The van der Waals surface area contributed by atoms with Crippen molar-refractivity contribution >= 4 is 29.1 Å². The predicted molar refractivity (Wildman–Crippen MR) is 277 cm³/mol. The number of carbonyl (C=O) groups is 3. The molecule has 0 unspecified atom stereocenters. The number of ether oxygens (including phenoxy) is 6. The molecule has 4 heterocycles. The summed E-state index contributed by atoms with van der Waals surface area (Å²) in [6.45, 7) is 15.9. The highest BCUT2D eigenvalue weighted by Gasteiger charge is 2.73. The number of nitrogens with one attached hydrogen (secondary N) is 3. The van der Waals surface area contributed by atoms with Gasteiger partial charge in [0, 0.05) is 59.4 Å². The summed E-state index contributed by atoms with van der Waals surface area (Å²) in [5.41, 5.74) is 16.8. The van der Waals surface area contributed by atoms with Gasteiger partial charge in [0.05, 0.1) is 67.0 Å². The fourth-order valence-electron chi connectivity index (χ4n) is 11.4. The summed E-state index contributed by atoms with van der Waals surface area (Å²) in [7, 11) is 3.48. The van der Waals surface area contributed by atoms with Gasteiger partial charge in [0.2, 0.25) is 17.7 Å². The maximum absolute atomic E-state index is 12.9. The van der Waals surface area contributed by atoms with E-state index in [1.165, 1.54) is 16.7 Å². The van der Waals surface area contributed by atoms with E-state index in [2.05, 4.69) is 69.6 Å². The minimum Gasteiger partial charge on any atom is -0.399 e. The molecule has 2 saturated carbocycles. The lowest BCUT2D eigenvalue weighted by atomic mass is 9.67. The Bertz CT molecular complexity index is 2160. The van der Waals surface area contributed by atoms with Crippen molar-refractivity contribution < 1.29 is 52.0 Å². The van der Waals surface area contributed by atoms with Crippen LogP contribution in [-0.4, -0.2) is 110 Å². The SMILES string of the molecule is C.CO[C@@H]1[C@H](NC(=O)CCCc2ccc(N)cc2)CC[C@]2(CO2)[C@H]1[C@@]1(C)O[C@@H]1CC=C(C)C.CO[C@@H]1[C@H](NC(=O)CCCc2ccc(NC(=O)[C@H](C)N)cc2)CC[C@]2(CO2)[C@H]1[C@@]1(C)O[C@@H]1CC=C(C)C.FF. The highest BCUT2D eigenvalue weighted by molar-refractivity contribution is 5.94. The zero-order chi connectivity index (χ0) is 51.7. The third-order valence-corrected chi connectivity index (χ3v) is 15.6. The minimum absolute atomic E-state index is 0. The third-order valence-electron chi connectivity index (χ3n) is 15.6. The Labute approximate surface area is 427 Å². The Morgan fingerprint density at radius 2 is 1.11 bits per heavy atom. The number of hydrogen-bond acceptors (Lipinski definition) is 11. The van der Waals surface area contributed by atoms with E-state index in [4.69, 9.17) is 49.0 Å². The van der Waals surface area contributed by atoms with Crippen molar-refractivity contribution in [1.82, 2.24) is 10.6 Å². The van der Waals surface area contributed by atoms with E-state index in [1.807, 2.05) is 48.5 Å². The first-order valence-electron chi connectivity index (χ1n) is 25.5. The third kappa shape index (κ3) is 14.5. The molecule has 6 fully saturated rings. The number of nitrogens with two attached hydrogens (primary N) is 2. The summed E-state index contributed by atoms with van der Waals surface area (Å²) in [6.07, 6.45) is 14.0. The lowest BCUT2D eigenvalue weighted by Crippen LogP contribution is -2.59. The highest BCUT2D eigenvalue weighted by atomic mass is 20.0. The standard InChI is InChI=1S/C29H43N3O5.C26H38N2O4.CH4.F2/c1-18(2)9-14-23-28(4,37-23)26-25(35-5)22(15-16-29(26)17-36-29)32-24(33)8-6-7-20-10-12-21(13-11-20)31-27(34)19(3)30;1-17(2)8-13-21-25(3,32-21)24-23(30-4)20(14-15-26(24)16-31-26)28-22(29)7-5-6-18-9-11-19(27)12-10-18;;1-2/h9-13,19,22-23,25-26H,6-8,14-17,30H2,1-5H3,(H,31,34)(H,32,33);8-12,20-21,23-24H,5-7,13-16,27H2,1-4H3,(H,28,29);1H4;/t19-,22+,23+,25+,26+,28-,29-;20-,21-,23-,24-,25+,26+;;/m01../s1. The Morgan fingerprint density at radius 1 is 0.722 bits per heavy atom. The van der Waals surface area contributed by atoms with Crippen LogP contribution in [0.3, 0.4) is 0 Å². The van der Waals surface area contributed by atoms with Crippen molar-refractivity contribution in [3.63, 3.8) is 0 Å².